The number of aryl methyl sites for hydroxylation is 1. The molecule has 2 fully saturated rings. The minimum Gasteiger partial charge on any atom is -0.338 e. The lowest BCUT2D eigenvalue weighted by molar-refractivity contribution is 0.224. The van der Waals surface area contributed by atoms with Gasteiger partial charge in [0.2, 0.25) is 5.89 Å². The van der Waals surface area contributed by atoms with Crippen molar-refractivity contribution >= 4 is 0 Å². The molecule has 164 valence electrons. The third-order valence-electron chi connectivity index (χ3n) is 6.93. The van der Waals surface area contributed by atoms with Gasteiger partial charge in [-0.05, 0) is 57.2 Å². The summed E-state index contributed by atoms with van der Waals surface area (Å²) >= 11 is 0. The molecule has 0 spiro atoms. The maximum absolute atomic E-state index is 5.74. The van der Waals surface area contributed by atoms with Gasteiger partial charge >= 0.3 is 0 Å². The van der Waals surface area contributed by atoms with Gasteiger partial charge in [0.1, 0.15) is 0 Å². The number of rotatable bonds is 8. The van der Waals surface area contributed by atoms with Crippen LogP contribution in [0.4, 0.5) is 0 Å². The Hall–Kier alpha value is -1.72. The van der Waals surface area contributed by atoms with Crippen molar-refractivity contribution in [1.29, 1.82) is 0 Å². The molecule has 30 heavy (non-hydrogen) atoms. The molecule has 4 rings (SSSR count). The first-order valence-electron chi connectivity index (χ1n) is 11.8. The number of aromatic nitrogens is 2. The largest absolute Gasteiger partial charge is 0.338 e. The Labute approximate surface area is 181 Å². The summed E-state index contributed by atoms with van der Waals surface area (Å²) < 4.78 is 5.74. The highest BCUT2D eigenvalue weighted by Gasteiger charge is 2.41. The van der Waals surface area contributed by atoms with Crippen LogP contribution < -0.4 is 0 Å². The molecule has 1 saturated heterocycles. The zero-order valence-corrected chi connectivity index (χ0v) is 19.2. The van der Waals surface area contributed by atoms with Crippen LogP contribution in [0.15, 0.2) is 28.8 Å². The van der Waals surface area contributed by atoms with Gasteiger partial charge in [-0.3, -0.25) is 4.90 Å². The van der Waals surface area contributed by atoms with Crippen molar-refractivity contribution < 1.29 is 4.52 Å². The average molecular weight is 411 g/mol. The molecule has 0 bridgehead atoms. The van der Waals surface area contributed by atoms with Crippen molar-refractivity contribution in [2.45, 2.75) is 64.8 Å². The van der Waals surface area contributed by atoms with Crippen molar-refractivity contribution in [3.63, 3.8) is 0 Å². The second kappa shape index (κ2) is 9.19. The molecule has 2 heterocycles. The maximum atomic E-state index is 5.74. The van der Waals surface area contributed by atoms with E-state index in [0.717, 1.165) is 49.5 Å². The highest BCUT2D eigenvalue weighted by Crippen LogP contribution is 2.45. The Morgan fingerprint density at radius 1 is 1.20 bits per heavy atom. The van der Waals surface area contributed by atoms with E-state index in [-0.39, 0.29) is 5.41 Å². The summed E-state index contributed by atoms with van der Waals surface area (Å²) in [5, 5.41) is 4.48. The molecular formula is C25H38N4O. The van der Waals surface area contributed by atoms with E-state index in [0.29, 0.717) is 0 Å². The number of likely N-dealkylation sites (tertiary alicyclic amines) is 1. The average Bonchev–Trinajstić information content (AvgIpc) is 3.43. The summed E-state index contributed by atoms with van der Waals surface area (Å²) in [6.07, 6.45) is 5.97. The lowest BCUT2D eigenvalue weighted by atomic mass is 9.78. The van der Waals surface area contributed by atoms with Gasteiger partial charge in [-0.2, -0.15) is 4.98 Å². The van der Waals surface area contributed by atoms with Crippen LogP contribution in [0.25, 0.3) is 0 Å². The normalized spacial score (nSPS) is 21.9. The third-order valence-corrected chi connectivity index (χ3v) is 6.93. The second-order valence-electron chi connectivity index (χ2n) is 10.2. The topological polar surface area (TPSA) is 45.4 Å². The first-order chi connectivity index (χ1) is 14.4. The molecule has 1 aromatic heterocycles. The van der Waals surface area contributed by atoms with Gasteiger partial charge in [0.05, 0.1) is 12.0 Å². The number of hydrogen-bond acceptors (Lipinski definition) is 5. The summed E-state index contributed by atoms with van der Waals surface area (Å²) in [5.41, 5.74) is 2.56. The molecule has 0 unspecified atom stereocenters. The Morgan fingerprint density at radius 2 is 1.93 bits per heavy atom. The Morgan fingerprint density at radius 3 is 2.63 bits per heavy atom. The summed E-state index contributed by atoms with van der Waals surface area (Å²) in [5.74, 6) is 3.12. The minimum absolute atomic E-state index is 0.0726. The van der Waals surface area contributed by atoms with Crippen molar-refractivity contribution in [2.24, 2.45) is 11.8 Å². The van der Waals surface area contributed by atoms with Crippen LogP contribution in [-0.2, 0) is 12.0 Å². The van der Waals surface area contributed by atoms with Crippen molar-refractivity contribution in [1.82, 2.24) is 19.9 Å². The quantitative estimate of drug-likeness (QED) is 0.634. The van der Waals surface area contributed by atoms with E-state index in [4.69, 9.17) is 9.51 Å². The fourth-order valence-corrected chi connectivity index (χ4v) is 5.49. The van der Waals surface area contributed by atoms with Crippen LogP contribution in [0.5, 0.6) is 0 Å². The van der Waals surface area contributed by atoms with Crippen LogP contribution in [0.3, 0.4) is 0 Å². The fraction of sp³-hybridized carbons (Fsp3) is 0.680. The van der Waals surface area contributed by atoms with E-state index >= 15 is 0 Å². The number of benzene rings is 1. The predicted octanol–water partition coefficient (Wildman–Crippen LogP) is 4.65. The first-order valence-corrected chi connectivity index (χ1v) is 11.8. The van der Waals surface area contributed by atoms with Crippen LogP contribution in [-0.4, -0.2) is 53.2 Å². The SMILES string of the molecule is Cc1ccc(C2(c3noc(CN(C)C[C@@H]4CCN(CC(C)C)C4)n3)CCCC2)cc1. The van der Waals surface area contributed by atoms with Crippen LogP contribution in [0, 0.1) is 18.8 Å². The number of hydrogen-bond donors (Lipinski definition) is 0. The van der Waals surface area contributed by atoms with Gasteiger partial charge in [-0.25, -0.2) is 0 Å². The Bertz CT molecular complexity index is 807. The van der Waals surface area contributed by atoms with Crippen molar-refractivity contribution in [3.05, 3.63) is 47.1 Å². The zero-order chi connectivity index (χ0) is 21.1. The molecule has 5 nitrogen and oxygen atoms in total. The smallest absolute Gasteiger partial charge is 0.240 e. The summed E-state index contributed by atoms with van der Waals surface area (Å²) in [6, 6.07) is 8.92. The highest BCUT2D eigenvalue weighted by atomic mass is 16.5. The van der Waals surface area contributed by atoms with Gasteiger partial charge in [-0.15, -0.1) is 0 Å². The minimum atomic E-state index is -0.0726. The van der Waals surface area contributed by atoms with Crippen molar-refractivity contribution in [2.75, 3.05) is 33.2 Å². The fourth-order valence-electron chi connectivity index (χ4n) is 5.49. The van der Waals surface area contributed by atoms with Gasteiger partial charge in [0, 0.05) is 19.6 Å². The summed E-state index contributed by atoms with van der Waals surface area (Å²) in [6.45, 7) is 12.2. The lowest BCUT2D eigenvalue weighted by Gasteiger charge is -2.26. The zero-order valence-electron chi connectivity index (χ0n) is 19.2. The first kappa shape index (κ1) is 21.5. The second-order valence-corrected chi connectivity index (χ2v) is 10.2. The Balaban J connectivity index is 1.39. The van der Waals surface area contributed by atoms with E-state index in [1.165, 1.54) is 50.0 Å². The molecule has 1 saturated carbocycles. The van der Waals surface area contributed by atoms with E-state index in [1.807, 2.05) is 0 Å². The van der Waals surface area contributed by atoms with E-state index in [1.54, 1.807) is 0 Å². The van der Waals surface area contributed by atoms with Gasteiger partial charge in [0.25, 0.3) is 0 Å². The molecule has 1 aliphatic heterocycles. The van der Waals surface area contributed by atoms with E-state index in [2.05, 4.69) is 67.0 Å². The monoisotopic (exact) mass is 410 g/mol. The van der Waals surface area contributed by atoms with Crippen LogP contribution in [0.2, 0.25) is 0 Å². The molecule has 1 atom stereocenters. The highest BCUT2D eigenvalue weighted by molar-refractivity contribution is 5.35. The standard InChI is InChI=1S/C25H38N4O/c1-19(2)15-29-14-11-21(17-29)16-28(4)18-23-26-24(27-30-23)25(12-5-6-13-25)22-9-7-20(3)8-10-22/h7-10,19,21H,5-6,11-18H2,1-4H3/t21-/m0/s1. The predicted molar refractivity (Wildman–Crippen MR) is 120 cm³/mol. The molecule has 0 radical (unpaired) electrons. The Kier molecular flexibility index (Phi) is 6.59. The molecule has 2 aliphatic rings. The maximum Gasteiger partial charge on any atom is 0.240 e. The van der Waals surface area contributed by atoms with E-state index < -0.39 is 0 Å². The van der Waals surface area contributed by atoms with Crippen LogP contribution >= 0.6 is 0 Å². The molecule has 2 aromatic rings. The van der Waals surface area contributed by atoms with Gasteiger partial charge in [-0.1, -0.05) is 61.7 Å². The van der Waals surface area contributed by atoms with Gasteiger partial charge < -0.3 is 9.42 Å². The lowest BCUT2D eigenvalue weighted by Crippen LogP contribution is -2.30. The summed E-state index contributed by atoms with van der Waals surface area (Å²) in [7, 11) is 2.18. The number of nitrogens with zero attached hydrogens (tertiary/aromatic N) is 4. The molecular weight excluding hydrogens is 372 g/mol. The van der Waals surface area contributed by atoms with E-state index in [9.17, 15) is 0 Å². The van der Waals surface area contributed by atoms with Crippen molar-refractivity contribution in [3.8, 4) is 0 Å². The van der Waals surface area contributed by atoms with Crippen LogP contribution in [0.1, 0.15) is 68.8 Å². The van der Waals surface area contributed by atoms with Gasteiger partial charge in [0.15, 0.2) is 5.82 Å². The molecule has 0 amide bonds. The molecule has 5 heteroatoms. The third kappa shape index (κ3) is 4.78. The molecule has 1 aromatic carbocycles. The summed E-state index contributed by atoms with van der Waals surface area (Å²) in [4.78, 5) is 9.87. The molecule has 1 aliphatic carbocycles. The molecule has 0 N–H and O–H groups in total.